The van der Waals surface area contributed by atoms with Gasteiger partial charge in [0, 0.05) is 30.8 Å². The van der Waals surface area contributed by atoms with Crippen molar-refractivity contribution in [3.8, 4) is 11.5 Å². The molecule has 0 aromatic heterocycles. The summed E-state index contributed by atoms with van der Waals surface area (Å²) in [7, 11) is 1.61. The molecule has 1 atom stereocenters. The molecule has 2 amide bonds. The smallest absolute Gasteiger partial charge is 0.229 e. The predicted octanol–water partition coefficient (Wildman–Crippen LogP) is 3.08. The Labute approximate surface area is 159 Å². The SMILES string of the molecule is CCOc1ccc(NC(=O)C2CC(=O)N(Cc3ccccc3OC)C2)cc1. The minimum Gasteiger partial charge on any atom is -0.496 e. The number of nitrogens with one attached hydrogen (secondary N) is 1. The number of hydrogen-bond donors (Lipinski definition) is 1. The summed E-state index contributed by atoms with van der Waals surface area (Å²) in [5.74, 6) is 0.976. The molecule has 0 radical (unpaired) electrons. The van der Waals surface area contributed by atoms with Gasteiger partial charge < -0.3 is 19.7 Å². The quantitative estimate of drug-likeness (QED) is 0.816. The van der Waals surface area contributed by atoms with Crippen molar-refractivity contribution in [1.82, 2.24) is 4.90 Å². The fourth-order valence-electron chi connectivity index (χ4n) is 3.19. The molecule has 1 saturated heterocycles. The second-order valence-electron chi connectivity index (χ2n) is 6.43. The number of amides is 2. The van der Waals surface area contributed by atoms with E-state index in [0.717, 1.165) is 17.1 Å². The van der Waals surface area contributed by atoms with Crippen LogP contribution in [0, 0.1) is 5.92 Å². The van der Waals surface area contributed by atoms with E-state index in [2.05, 4.69) is 5.32 Å². The van der Waals surface area contributed by atoms with Crippen LogP contribution in [0.15, 0.2) is 48.5 Å². The van der Waals surface area contributed by atoms with Crippen LogP contribution < -0.4 is 14.8 Å². The third kappa shape index (κ3) is 4.58. The first-order valence-corrected chi connectivity index (χ1v) is 9.04. The lowest BCUT2D eigenvalue weighted by Crippen LogP contribution is -2.28. The van der Waals surface area contributed by atoms with Gasteiger partial charge in [-0.3, -0.25) is 9.59 Å². The normalized spacial score (nSPS) is 16.3. The Balaban J connectivity index is 1.60. The molecule has 1 aliphatic heterocycles. The van der Waals surface area contributed by atoms with Crippen LogP contribution in [0.2, 0.25) is 0 Å². The Morgan fingerprint density at radius 2 is 1.93 bits per heavy atom. The van der Waals surface area contributed by atoms with Crippen molar-refractivity contribution in [3.05, 3.63) is 54.1 Å². The van der Waals surface area contributed by atoms with Crippen LogP contribution in [0.4, 0.5) is 5.69 Å². The van der Waals surface area contributed by atoms with Gasteiger partial charge in [-0.15, -0.1) is 0 Å². The molecule has 1 N–H and O–H groups in total. The molecule has 0 spiro atoms. The van der Waals surface area contributed by atoms with Gasteiger partial charge in [-0.25, -0.2) is 0 Å². The maximum absolute atomic E-state index is 12.5. The molecule has 27 heavy (non-hydrogen) atoms. The number of likely N-dealkylation sites (tertiary alicyclic amines) is 1. The molecule has 0 aliphatic carbocycles. The summed E-state index contributed by atoms with van der Waals surface area (Å²) in [6.07, 6.45) is 0.220. The fourth-order valence-corrected chi connectivity index (χ4v) is 3.19. The molecule has 2 aromatic carbocycles. The standard InChI is InChI=1S/C21H24N2O4/c1-3-27-18-10-8-17(9-11-18)22-21(25)16-12-20(24)23(14-16)13-15-6-4-5-7-19(15)26-2/h4-11,16H,3,12-14H2,1-2H3,(H,22,25). The van der Waals surface area contributed by atoms with Gasteiger partial charge >= 0.3 is 0 Å². The zero-order valence-electron chi connectivity index (χ0n) is 15.6. The van der Waals surface area contributed by atoms with Crippen molar-refractivity contribution in [3.63, 3.8) is 0 Å². The fraction of sp³-hybridized carbons (Fsp3) is 0.333. The monoisotopic (exact) mass is 368 g/mol. The van der Waals surface area contributed by atoms with E-state index in [4.69, 9.17) is 9.47 Å². The zero-order valence-corrected chi connectivity index (χ0v) is 15.6. The van der Waals surface area contributed by atoms with Crippen LogP contribution in [-0.4, -0.2) is 37.0 Å². The third-order valence-electron chi connectivity index (χ3n) is 4.57. The first-order valence-electron chi connectivity index (χ1n) is 9.04. The summed E-state index contributed by atoms with van der Waals surface area (Å²) >= 11 is 0. The maximum atomic E-state index is 12.5. The van der Waals surface area contributed by atoms with E-state index >= 15 is 0 Å². The van der Waals surface area contributed by atoms with Crippen LogP contribution in [0.25, 0.3) is 0 Å². The number of benzene rings is 2. The lowest BCUT2D eigenvalue weighted by atomic mass is 10.1. The van der Waals surface area contributed by atoms with E-state index < -0.39 is 0 Å². The molecule has 142 valence electrons. The highest BCUT2D eigenvalue weighted by Gasteiger charge is 2.34. The first-order chi connectivity index (χ1) is 13.1. The minimum atomic E-state index is -0.362. The molecule has 1 unspecified atom stereocenters. The number of carbonyl (C=O) groups excluding carboxylic acids is 2. The molecule has 2 aromatic rings. The molecular weight excluding hydrogens is 344 g/mol. The summed E-state index contributed by atoms with van der Waals surface area (Å²) in [4.78, 5) is 26.6. The first kappa shape index (κ1) is 18.8. The lowest BCUT2D eigenvalue weighted by molar-refractivity contribution is -0.128. The predicted molar refractivity (Wildman–Crippen MR) is 103 cm³/mol. The number of nitrogens with zero attached hydrogens (tertiary/aromatic N) is 1. The number of ether oxygens (including phenoxy) is 2. The van der Waals surface area contributed by atoms with E-state index in [-0.39, 0.29) is 24.2 Å². The average molecular weight is 368 g/mol. The molecule has 0 bridgehead atoms. The molecule has 1 heterocycles. The number of anilines is 1. The highest BCUT2D eigenvalue weighted by Crippen LogP contribution is 2.26. The average Bonchev–Trinajstić information content (AvgIpc) is 3.05. The van der Waals surface area contributed by atoms with Gasteiger partial charge in [-0.05, 0) is 37.3 Å². The summed E-state index contributed by atoms with van der Waals surface area (Å²) in [5, 5.41) is 2.88. The number of hydrogen-bond acceptors (Lipinski definition) is 4. The maximum Gasteiger partial charge on any atom is 0.229 e. The largest absolute Gasteiger partial charge is 0.496 e. The van der Waals surface area contributed by atoms with Crippen LogP contribution in [-0.2, 0) is 16.1 Å². The summed E-state index contributed by atoms with van der Waals surface area (Å²) in [5.41, 5.74) is 1.63. The van der Waals surface area contributed by atoms with Crippen molar-refractivity contribution in [2.24, 2.45) is 5.92 Å². The second-order valence-corrected chi connectivity index (χ2v) is 6.43. The molecule has 6 heteroatoms. The Kier molecular flexibility index (Phi) is 5.96. The van der Waals surface area contributed by atoms with Gasteiger partial charge in [0.25, 0.3) is 0 Å². The van der Waals surface area contributed by atoms with E-state index in [9.17, 15) is 9.59 Å². The van der Waals surface area contributed by atoms with Crippen LogP contribution >= 0.6 is 0 Å². The van der Waals surface area contributed by atoms with Gasteiger partial charge in [-0.2, -0.15) is 0 Å². The highest BCUT2D eigenvalue weighted by atomic mass is 16.5. The molecule has 0 saturated carbocycles. The molecule has 6 nitrogen and oxygen atoms in total. The lowest BCUT2D eigenvalue weighted by Gasteiger charge is -2.18. The van der Waals surface area contributed by atoms with Crippen LogP contribution in [0.5, 0.6) is 11.5 Å². The van der Waals surface area contributed by atoms with E-state index in [1.807, 2.05) is 43.3 Å². The number of carbonyl (C=O) groups is 2. The van der Waals surface area contributed by atoms with Gasteiger partial charge in [0.1, 0.15) is 11.5 Å². The summed E-state index contributed by atoms with van der Waals surface area (Å²) < 4.78 is 10.7. The van der Waals surface area contributed by atoms with Crippen molar-refractivity contribution < 1.29 is 19.1 Å². The van der Waals surface area contributed by atoms with Gasteiger partial charge in [-0.1, -0.05) is 18.2 Å². The Hall–Kier alpha value is -3.02. The van der Waals surface area contributed by atoms with E-state index in [1.54, 1.807) is 24.1 Å². The zero-order chi connectivity index (χ0) is 19.2. The van der Waals surface area contributed by atoms with Crippen LogP contribution in [0.3, 0.4) is 0 Å². The van der Waals surface area contributed by atoms with Crippen molar-refractivity contribution >= 4 is 17.5 Å². The van der Waals surface area contributed by atoms with Gasteiger partial charge in [0.2, 0.25) is 11.8 Å². The summed E-state index contributed by atoms with van der Waals surface area (Å²) in [6.45, 7) is 3.36. The van der Waals surface area contributed by atoms with Gasteiger partial charge in [0.15, 0.2) is 0 Å². The number of rotatable bonds is 7. The molecule has 1 fully saturated rings. The molecule has 3 rings (SSSR count). The molecular formula is C21H24N2O4. The summed E-state index contributed by atoms with van der Waals surface area (Å²) in [6, 6.07) is 14.8. The Morgan fingerprint density at radius 1 is 1.19 bits per heavy atom. The number of para-hydroxylation sites is 1. The highest BCUT2D eigenvalue weighted by molar-refractivity contribution is 5.97. The number of methoxy groups -OCH3 is 1. The Bertz CT molecular complexity index is 804. The van der Waals surface area contributed by atoms with Gasteiger partial charge in [0.05, 0.1) is 19.6 Å². The van der Waals surface area contributed by atoms with E-state index in [1.165, 1.54) is 0 Å². The topological polar surface area (TPSA) is 67.9 Å². The molecule has 1 aliphatic rings. The minimum absolute atomic E-state index is 0.0206. The van der Waals surface area contributed by atoms with Crippen LogP contribution in [0.1, 0.15) is 18.9 Å². The van der Waals surface area contributed by atoms with E-state index in [0.29, 0.717) is 25.4 Å². The Morgan fingerprint density at radius 3 is 2.63 bits per heavy atom. The van der Waals surface area contributed by atoms with Crippen molar-refractivity contribution in [2.75, 3.05) is 25.6 Å². The third-order valence-corrected chi connectivity index (χ3v) is 4.57. The van der Waals surface area contributed by atoms with Crippen molar-refractivity contribution in [2.45, 2.75) is 19.9 Å². The van der Waals surface area contributed by atoms with Crippen molar-refractivity contribution in [1.29, 1.82) is 0 Å². The second kappa shape index (κ2) is 8.58.